The predicted molar refractivity (Wildman–Crippen MR) is 61.5 cm³/mol. The van der Waals surface area contributed by atoms with Crippen LogP contribution in [0.3, 0.4) is 0 Å². The summed E-state index contributed by atoms with van der Waals surface area (Å²) in [5, 5.41) is 4.22. The molecule has 0 saturated carbocycles. The Hall–Kier alpha value is -2.17. The van der Waals surface area contributed by atoms with E-state index >= 15 is 0 Å². The fourth-order valence-corrected chi connectivity index (χ4v) is 1.83. The van der Waals surface area contributed by atoms with Crippen molar-refractivity contribution in [2.75, 3.05) is 0 Å². The fourth-order valence-electron chi connectivity index (χ4n) is 1.83. The van der Waals surface area contributed by atoms with Gasteiger partial charge in [0.15, 0.2) is 0 Å². The van der Waals surface area contributed by atoms with Gasteiger partial charge in [-0.1, -0.05) is 0 Å². The molecule has 2 aromatic rings. The maximum Gasteiger partial charge on any atom is 0.252 e. The Morgan fingerprint density at radius 1 is 1.29 bits per heavy atom. The van der Waals surface area contributed by atoms with Crippen LogP contribution in [0.1, 0.15) is 21.7 Å². The van der Waals surface area contributed by atoms with E-state index in [1.807, 2.05) is 0 Å². The molecule has 0 aliphatic heterocycles. The van der Waals surface area contributed by atoms with Crippen molar-refractivity contribution in [2.45, 2.75) is 13.8 Å². The molecule has 2 N–H and O–H groups in total. The second-order valence-electron chi connectivity index (χ2n) is 3.80. The van der Waals surface area contributed by atoms with Gasteiger partial charge in [0.05, 0.1) is 22.6 Å². The standard InChI is InChI=1S/C12H12FN3O/c1-7-11(12(14)17)8(2)16(15-7)10-5-3-9(13)4-6-10/h3-6H,1-2H3,(H2,14,17). The number of halogens is 1. The van der Waals surface area contributed by atoms with Gasteiger partial charge in [0, 0.05) is 0 Å². The smallest absolute Gasteiger partial charge is 0.252 e. The molecule has 1 aromatic heterocycles. The summed E-state index contributed by atoms with van der Waals surface area (Å²) < 4.78 is 14.4. The molecular formula is C12H12FN3O. The molecule has 0 atom stereocenters. The van der Waals surface area contributed by atoms with Crippen LogP contribution in [-0.4, -0.2) is 15.7 Å². The van der Waals surface area contributed by atoms with Crippen molar-refractivity contribution in [1.29, 1.82) is 0 Å². The van der Waals surface area contributed by atoms with Crippen LogP contribution in [0.4, 0.5) is 4.39 Å². The van der Waals surface area contributed by atoms with Crippen LogP contribution in [0.5, 0.6) is 0 Å². The highest BCUT2D eigenvalue weighted by atomic mass is 19.1. The van der Waals surface area contributed by atoms with E-state index in [2.05, 4.69) is 5.10 Å². The Balaban J connectivity index is 2.57. The van der Waals surface area contributed by atoms with Crippen molar-refractivity contribution in [3.8, 4) is 5.69 Å². The third kappa shape index (κ3) is 1.91. The first-order valence-electron chi connectivity index (χ1n) is 5.12. The molecule has 0 spiro atoms. The van der Waals surface area contributed by atoms with Crippen LogP contribution >= 0.6 is 0 Å². The Morgan fingerprint density at radius 3 is 2.35 bits per heavy atom. The minimum atomic E-state index is -0.506. The first kappa shape index (κ1) is 11.3. The van der Waals surface area contributed by atoms with Crippen molar-refractivity contribution in [2.24, 2.45) is 5.73 Å². The summed E-state index contributed by atoms with van der Waals surface area (Å²) in [6, 6.07) is 5.88. The van der Waals surface area contributed by atoms with Gasteiger partial charge in [-0.25, -0.2) is 9.07 Å². The van der Waals surface area contributed by atoms with E-state index in [1.54, 1.807) is 30.7 Å². The van der Waals surface area contributed by atoms with E-state index in [9.17, 15) is 9.18 Å². The van der Waals surface area contributed by atoms with Gasteiger partial charge in [-0.15, -0.1) is 0 Å². The van der Waals surface area contributed by atoms with Gasteiger partial charge < -0.3 is 5.73 Å². The normalized spacial score (nSPS) is 10.5. The Labute approximate surface area is 97.9 Å². The van der Waals surface area contributed by atoms with Crippen LogP contribution in [-0.2, 0) is 0 Å². The van der Waals surface area contributed by atoms with Crippen molar-refractivity contribution in [1.82, 2.24) is 9.78 Å². The molecule has 17 heavy (non-hydrogen) atoms. The molecule has 2 rings (SSSR count). The third-order valence-corrected chi connectivity index (χ3v) is 2.61. The molecule has 5 heteroatoms. The van der Waals surface area contributed by atoms with Crippen molar-refractivity contribution in [3.63, 3.8) is 0 Å². The third-order valence-electron chi connectivity index (χ3n) is 2.61. The number of benzene rings is 1. The first-order chi connectivity index (χ1) is 8.00. The van der Waals surface area contributed by atoms with E-state index in [-0.39, 0.29) is 5.82 Å². The number of carbonyl (C=O) groups is 1. The van der Waals surface area contributed by atoms with E-state index in [0.717, 1.165) is 0 Å². The molecule has 0 fully saturated rings. The van der Waals surface area contributed by atoms with Crippen LogP contribution in [0.15, 0.2) is 24.3 Å². The lowest BCUT2D eigenvalue weighted by atomic mass is 10.2. The molecule has 0 bridgehead atoms. The van der Waals surface area contributed by atoms with Gasteiger partial charge in [0.2, 0.25) is 0 Å². The molecule has 0 radical (unpaired) electrons. The highest BCUT2D eigenvalue weighted by molar-refractivity contribution is 5.95. The summed E-state index contributed by atoms with van der Waals surface area (Å²) in [6.07, 6.45) is 0. The van der Waals surface area contributed by atoms with E-state index in [4.69, 9.17) is 5.73 Å². The van der Waals surface area contributed by atoms with Crippen LogP contribution in [0.2, 0.25) is 0 Å². The Bertz CT molecular complexity index is 572. The minimum absolute atomic E-state index is 0.314. The lowest BCUT2D eigenvalue weighted by Gasteiger charge is -2.04. The van der Waals surface area contributed by atoms with Crippen LogP contribution in [0.25, 0.3) is 5.69 Å². The summed E-state index contributed by atoms with van der Waals surface area (Å²) in [7, 11) is 0. The molecule has 88 valence electrons. The first-order valence-corrected chi connectivity index (χ1v) is 5.12. The zero-order valence-electron chi connectivity index (χ0n) is 9.57. The summed E-state index contributed by atoms with van der Waals surface area (Å²) in [4.78, 5) is 11.3. The number of carbonyl (C=O) groups excluding carboxylic acids is 1. The molecule has 1 amide bonds. The summed E-state index contributed by atoms with van der Waals surface area (Å²) in [6.45, 7) is 3.47. The van der Waals surface area contributed by atoms with Gasteiger partial charge in [-0.05, 0) is 38.1 Å². The number of primary amides is 1. The monoisotopic (exact) mass is 233 g/mol. The highest BCUT2D eigenvalue weighted by Crippen LogP contribution is 2.17. The summed E-state index contributed by atoms with van der Waals surface area (Å²) in [5.41, 5.74) is 7.61. The highest BCUT2D eigenvalue weighted by Gasteiger charge is 2.16. The van der Waals surface area contributed by atoms with Crippen molar-refractivity contribution < 1.29 is 9.18 Å². The number of amides is 1. The number of nitrogens with two attached hydrogens (primary N) is 1. The average molecular weight is 233 g/mol. The van der Waals surface area contributed by atoms with Crippen molar-refractivity contribution in [3.05, 3.63) is 47.0 Å². The predicted octanol–water partition coefficient (Wildman–Crippen LogP) is 1.73. The molecule has 0 aliphatic rings. The number of rotatable bonds is 2. The quantitative estimate of drug-likeness (QED) is 0.858. The van der Waals surface area contributed by atoms with Gasteiger partial charge in [0.25, 0.3) is 5.91 Å². The Kier molecular flexibility index (Phi) is 2.67. The molecule has 4 nitrogen and oxygen atoms in total. The Morgan fingerprint density at radius 2 is 1.88 bits per heavy atom. The summed E-state index contributed by atoms with van der Waals surface area (Å²) in [5.74, 6) is -0.821. The van der Waals surface area contributed by atoms with Crippen molar-refractivity contribution >= 4 is 5.91 Å². The maximum absolute atomic E-state index is 12.8. The van der Waals surface area contributed by atoms with Gasteiger partial charge in [-0.3, -0.25) is 4.79 Å². The molecule has 1 heterocycles. The maximum atomic E-state index is 12.8. The zero-order valence-corrected chi connectivity index (χ0v) is 9.57. The van der Waals surface area contributed by atoms with E-state index < -0.39 is 5.91 Å². The van der Waals surface area contributed by atoms with E-state index in [0.29, 0.717) is 22.6 Å². The molecule has 0 unspecified atom stereocenters. The van der Waals surface area contributed by atoms with Gasteiger partial charge >= 0.3 is 0 Å². The van der Waals surface area contributed by atoms with Gasteiger partial charge in [-0.2, -0.15) is 5.10 Å². The average Bonchev–Trinajstić information content (AvgIpc) is 2.55. The molecule has 1 aromatic carbocycles. The second kappa shape index (κ2) is 4.01. The second-order valence-corrected chi connectivity index (χ2v) is 3.80. The summed E-state index contributed by atoms with van der Waals surface area (Å²) >= 11 is 0. The lowest BCUT2D eigenvalue weighted by Crippen LogP contribution is -2.13. The number of hydrogen-bond donors (Lipinski definition) is 1. The molecular weight excluding hydrogens is 221 g/mol. The number of aryl methyl sites for hydroxylation is 1. The van der Waals surface area contributed by atoms with Crippen LogP contribution < -0.4 is 5.73 Å². The molecule has 0 aliphatic carbocycles. The topological polar surface area (TPSA) is 60.9 Å². The molecule has 0 saturated heterocycles. The number of aromatic nitrogens is 2. The van der Waals surface area contributed by atoms with E-state index in [1.165, 1.54) is 12.1 Å². The fraction of sp³-hybridized carbons (Fsp3) is 0.167. The number of hydrogen-bond acceptors (Lipinski definition) is 2. The van der Waals surface area contributed by atoms with Crippen LogP contribution in [0, 0.1) is 19.7 Å². The lowest BCUT2D eigenvalue weighted by molar-refractivity contribution is 0.0999. The zero-order chi connectivity index (χ0) is 12.6. The van der Waals surface area contributed by atoms with Gasteiger partial charge in [0.1, 0.15) is 5.82 Å². The minimum Gasteiger partial charge on any atom is -0.365 e. The number of nitrogens with zero attached hydrogens (tertiary/aromatic N) is 2. The SMILES string of the molecule is Cc1nn(-c2ccc(F)cc2)c(C)c1C(N)=O. The largest absolute Gasteiger partial charge is 0.365 e.